The molecule has 1 N–H and O–H groups in total. The summed E-state index contributed by atoms with van der Waals surface area (Å²) in [7, 11) is 0. The standard InChI is InChI=1S/C30H25ClFN3O4S2/c31-22-3-1-2-4-25(22)41-27-24(36)17-30(34-28(27)37,19-11-16-40-18-19)26-10-9-23(35-12-14-38-15-13-35)29(33-26)39-21-7-5-20(32)6-8-21/h1-11,16,18,27H,12-15,17H2,(H,34,37). The van der Waals surface area contributed by atoms with E-state index >= 15 is 0 Å². The maximum Gasteiger partial charge on any atom is 0.243 e. The Hall–Kier alpha value is -3.44. The monoisotopic (exact) mass is 609 g/mol. The number of rotatable bonds is 7. The third-order valence-corrected chi connectivity index (χ3v) is 9.51. The van der Waals surface area contributed by atoms with Crippen LogP contribution in [0.3, 0.4) is 0 Å². The van der Waals surface area contributed by atoms with Gasteiger partial charge in [-0.15, -0.1) is 11.8 Å². The first-order valence-corrected chi connectivity index (χ1v) is 15.2. The number of anilines is 1. The van der Waals surface area contributed by atoms with Gasteiger partial charge in [-0.05, 0) is 70.9 Å². The van der Waals surface area contributed by atoms with E-state index < -0.39 is 16.7 Å². The Kier molecular flexibility index (Phi) is 7.99. The van der Waals surface area contributed by atoms with Crippen molar-refractivity contribution in [3.05, 3.63) is 99.6 Å². The zero-order valence-corrected chi connectivity index (χ0v) is 24.1. The summed E-state index contributed by atoms with van der Waals surface area (Å²) in [5.74, 6) is -0.325. The summed E-state index contributed by atoms with van der Waals surface area (Å²) in [6.07, 6.45) is -0.00250. The van der Waals surface area contributed by atoms with Crippen LogP contribution >= 0.6 is 34.7 Å². The van der Waals surface area contributed by atoms with Crippen LogP contribution in [0.25, 0.3) is 0 Å². The van der Waals surface area contributed by atoms with Gasteiger partial charge in [-0.25, -0.2) is 9.37 Å². The molecule has 0 saturated carbocycles. The summed E-state index contributed by atoms with van der Waals surface area (Å²) >= 11 is 8.93. The number of carbonyl (C=O) groups excluding carboxylic acids is 2. The Morgan fingerprint density at radius 1 is 1.07 bits per heavy atom. The van der Waals surface area contributed by atoms with Gasteiger partial charge in [0.1, 0.15) is 28.0 Å². The number of nitrogens with zero attached hydrogens (tertiary/aromatic N) is 2. The molecule has 0 aliphatic carbocycles. The van der Waals surface area contributed by atoms with Gasteiger partial charge < -0.3 is 19.7 Å². The predicted octanol–water partition coefficient (Wildman–Crippen LogP) is 6.06. The van der Waals surface area contributed by atoms with Crippen LogP contribution < -0.4 is 15.0 Å². The smallest absolute Gasteiger partial charge is 0.243 e. The lowest BCUT2D eigenvalue weighted by atomic mass is 9.79. The zero-order chi connectivity index (χ0) is 28.4. The number of pyridine rings is 1. The van der Waals surface area contributed by atoms with Crippen molar-refractivity contribution >= 4 is 52.1 Å². The van der Waals surface area contributed by atoms with Gasteiger partial charge in [-0.2, -0.15) is 11.3 Å². The highest BCUT2D eigenvalue weighted by molar-refractivity contribution is 8.01. The van der Waals surface area contributed by atoms with Crippen LogP contribution in [0.2, 0.25) is 5.02 Å². The number of halogens is 2. The number of thiophene rings is 1. The van der Waals surface area contributed by atoms with Crippen molar-refractivity contribution in [3.63, 3.8) is 0 Å². The van der Waals surface area contributed by atoms with E-state index in [1.807, 2.05) is 35.0 Å². The van der Waals surface area contributed by atoms with Crippen LogP contribution in [0.1, 0.15) is 17.7 Å². The number of ether oxygens (including phenoxy) is 2. The molecule has 2 aliphatic heterocycles. The Morgan fingerprint density at radius 3 is 2.56 bits per heavy atom. The first-order valence-electron chi connectivity index (χ1n) is 13.0. The number of ketones is 1. The lowest BCUT2D eigenvalue weighted by molar-refractivity contribution is -0.133. The average molecular weight is 610 g/mol. The molecule has 7 nitrogen and oxygen atoms in total. The molecule has 2 atom stereocenters. The lowest BCUT2D eigenvalue weighted by Gasteiger charge is -2.39. The van der Waals surface area contributed by atoms with E-state index in [1.54, 1.807) is 18.2 Å². The molecular weight excluding hydrogens is 585 g/mol. The molecule has 2 aromatic carbocycles. The van der Waals surface area contributed by atoms with Gasteiger partial charge in [0.25, 0.3) is 0 Å². The van der Waals surface area contributed by atoms with Gasteiger partial charge in [0, 0.05) is 24.4 Å². The molecule has 2 saturated heterocycles. The Balaban J connectivity index is 1.39. The highest BCUT2D eigenvalue weighted by Crippen LogP contribution is 2.43. The normalized spacial score (nSPS) is 21.0. The molecule has 2 aliphatic rings. The van der Waals surface area contributed by atoms with Crippen LogP contribution in [0, 0.1) is 5.82 Å². The van der Waals surface area contributed by atoms with Crippen molar-refractivity contribution in [2.24, 2.45) is 0 Å². The Labute approximate surface area is 249 Å². The molecule has 2 unspecified atom stereocenters. The van der Waals surface area contributed by atoms with Gasteiger partial charge in [-0.3, -0.25) is 9.59 Å². The molecule has 210 valence electrons. The minimum Gasteiger partial charge on any atom is -0.437 e. The quantitative estimate of drug-likeness (QED) is 0.255. The van der Waals surface area contributed by atoms with E-state index in [-0.39, 0.29) is 18.0 Å². The van der Waals surface area contributed by atoms with Gasteiger partial charge in [0.2, 0.25) is 11.8 Å². The third-order valence-electron chi connectivity index (χ3n) is 7.06. The third kappa shape index (κ3) is 5.70. The predicted molar refractivity (Wildman–Crippen MR) is 158 cm³/mol. The number of morpholine rings is 1. The maximum atomic E-state index is 13.7. The van der Waals surface area contributed by atoms with Gasteiger partial charge in [0.15, 0.2) is 5.78 Å². The molecular formula is C30H25ClFN3O4S2. The van der Waals surface area contributed by atoms with Crippen molar-refractivity contribution in [1.82, 2.24) is 10.3 Å². The summed E-state index contributed by atoms with van der Waals surface area (Å²) < 4.78 is 25.3. The van der Waals surface area contributed by atoms with Crippen molar-refractivity contribution in [1.29, 1.82) is 0 Å². The Bertz CT molecular complexity index is 1540. The van der Waals surface area contributed by atoms with Crippen LogP contribution in [-0.2, 0) is 19.9 Å². The lowest BCUT2D eigenvalue weighted by Crippen LogP contribution is -2.58. The largest absolute Gasteiger partial charge is 0.437 e. The zero-order valence-electron chi connectivity index (χ0n) is 21.7. The second-order valence-electron chi connectivity index (χ2n) is 9.65. The summed E-state index contributed by atoms with van der Waals surface area (Å²) in [5.41, 5.74) is 0.760. The number of Topliss-reactive ketones (excluding diaryl/α,β-unsaturated/α-hetero) is 1. The molecule has 4 heterocycles. The maximum absolute atomic E-state index is 13.7. The highest BCUT2D eigenvalue weighted by Gasteiger charge is 2.49. The molecule has 0 bridgehead atoms. The van der Waals surface area contributed by atoms with Gasteiger partial charge in [0.05, 0.1) is 23.9 Å². The second kappa shape index (κ2) is 11.8. The number of thioether (sulfide) groups is 1. The number of piperidine rings is 1. The van der Waals surface area contributed by atoms with E-state index in [0.717, 1.165) is 23.0 Å². The Morgan fingerprint density at radius 2 is 1.85 bits per heavy atom. The van der Waals surface area contributed by atoms with Crippen LogP contribution in [0.4, 0.5) is 10.1 Å². The first kappa shape index (κ1) is 27.7. The molecule has 41 heavy (non-hydrogen) atoms. The summed E-state index contributed by atoms with van der Waals surface area (Å²) in [6.45, 7) is 2.41. The molecule has 0 spiro atoms. The van der Waals surface area contributed by atoms with Crippen LogP contribution in [-0.4, -0.2) is 48.2 Å². The van der Waals surface area contributed by atoms with E-state index in [1.165, 1.54) is 35.6 Å². The van der Waals surface area contributed by atoms with Crippen molar-refractivity contribution in [2.75, 3.05) is 31.2 Å². The van der Waals surface area contributed by atoms with Crippen molar-refractivity contribution < 1.29 is 23.5 Å². The number of hydrogen-bond donors (Lipinski definition) is 1. The molecule has 2 fully saturated rings. The SMILES string of the molecule is O=C1CC(c2ccsc2)(c2ccc(N3CCOCC3)c(Oc3ccc(F)cc3)n2)NC(=O)C1Sc1ccccc1Cl. The van der Waals surface area contributed by atoms with E-state index in [2.05, 4.69) is 10.2 Å². The van der Waals surface area contributed by atoms with E-state index in [0.29, 0.717) is 53.5 Å². The molecule has 1 amide bonds. The summed E-state index contributed by atoms with van der Waals surface area (Å²) in [6, 6.07) is 18.4. The topological polar surface area (TPSA) is 80.8 Å². The highest BCUT2D eigenvalue weighted by atomic mass is 35.5. The molecule has 11 heteroatoms. The molecule has 0 radical (unpaired) electrons. The number of amides is 1. The van der Waals surface area contributed by atoms with E-state index in [4.69, 9.17) is 26.1 Å². The average Bonchev–Trinajstić information content (AvgIpc) is 3.53. The summed E-state index contributed by atoms with van der Waals surface area (Å²) in [4.78, 5) is 35.0. The minimum atomic E-state index is -1.20. The number of nitrogens with one attached hydrogen (secondary N) is 1. The fraction of sp³-hybridized carbons (Fsp3) is 0.233. The van der Waals surface area contributed by atoms with Crippen molar-refractivity contribution in [2.45, 2.75) is 22.1 Å². The fourth-order valence-electron chi connectivity index (χ4n) is 5.00. The molecule has 4 aromatic rings. The molecule has 2 aromatic heterocycles. The number of hydrogen-bond acceptors (Lipinski definition) is 8. The minimum absolute atomic E-state index is 0.00250. The second-order valence-corrected chi connectivity index (χ2v) is 12.0. The van der Waals surface area contributed by atoms with Gasteiger partial charge in [-0.1, -0.05) is 23.7 Å². The van der Waals surface area contributed by atoms with Gasteiger partial charge >= 0.3 is 0 Å². The van der Waals surface area contributed by atoms with Crippen LogP contribution in [0.5, 0.6) is 11.6 Å². The van der Waals surface area contributed by atoms with Crippen LogP contribution in [0.15, 0.2) is 82.4 Å². The number of aromatic nitrogens is 1. The molecule has 6 rings (SSSR count). The first-order chi connectivity index (χ1) is 19.9. The fourth-order valence-corrected chi connectivity index (χ4v) is 6.97. The van der Waals surface area contributed by atoms with Crippen molar-refractivity contribution in [3.8, 4) is 11.6 Å². The van der Waals surface area contributed by atoms with E-state index in [9.17, 15) is 14.0 Å². The number of carbonyl (C=O) groups is 2. The summed E-state index contributed by atoms with van der Waals surface area (Å²) in [5, 5.41) is 6.48. The number of benzene rings is 2.